The molecule has 0 radical (unpaired) electrons. The van der Waals surface area contributed by atoms with Crippen molar-refractivity contribution in [1.29, 1.82) is 0 Å². The molecule has 0 aliphatic rings. The van der Waals surface area contributed by atoms with Gasteiger partial charge in [-0.2, -0.15) is 0 Å². The Morgan fingerprint density at radius 3 is 2.21 bits per heavy atom. The number of anilines is 2. The minimum atomic E-state index is -3.43. The van der Waals surface area contributed by atoms with Crippen molar-refractivity contribution in [3.63, 3.8) is 0 Å². The molecular weight excluding hydrogens is 446 g/mol. The lowest BCUT2D eigenvalue weighted by molar-refractivity contribution is 0.251. The van der Waals surface area contributed by atoms with E-state index in [0.717, 1.165) is 17.4 Å². The van der Waals surface area contributed by atoms with Crippen LogP contribution in [0.4, 0.5) is 16.2 Å². The molecule has 0 saturated heterocycles. The topological polar surface area (TPSA) is 87.3 Å². The van der Waals surface area contributed by atoms with Crippen molar-refractivity contribution >= 4 is 39.6 Å². The molecule has 0 unspecified atom stereocenters. The van der Waals surface area contributed by atoms with E-state index >= 15 is 0 Å². The molecule has 3 rings (SSSR count). The maximum absolute atomic E-state index is 12.4. The Balaban J connectivity index is 1.70. The van der Waals surface area contributed by atoms with Crippen molar-refractivity contribution in [3.8, 4) is 0 Å². The zero-order valence-corrected chi connectivity index (χ0v) is 20.7. The molecule has 7 heteroatoms. The van der Waals surface area contributed by atoms with E-state index in [1.807, 2.05) is 72.8 Å². The number of urea groups is 1. The zero-order chi connectivity index (χ0) is 24.8. The number of rotatable bonds is 7. The van der Waals surface area contributed by atoms with Gasteiger partial charge in [-0.1, -0.05) is 81.5 Å². The van der Waals surface area contributed by atoms with Crippen LogP contribution in [0, 0.1) is 0 Å². The first kappa shape index (κ1) is 25.1. The third-order valence-corrected chi connectivity index (χ3v) is 5.72. The average molecular weight is 478 g/mol. The summed E-state index contributed by atoms with van der Waals surface area (Å²) in [6.07, 6.45) is 4.88. The molecule has 0 aromatic heterocycles. The fourth-order valence-electron chi connectivity index (χ4n) is 3.31. The van der Waals surface area contributed by atoms with Gasteiger partial charge in [0.25, 0.3) is 0 Å². The molecule has 3 aromatic rings. The Labute approximate surface area is 202 Å². The predicted octanol–water partition coefficient (Wildman–Crippen LogP) is 5.85. The summed E-state index contributed by atoms with van der Waals surface area (Å²) in [5.74, 6) is 0. The monoisotopic (exact) mass is 477 g/mol. The first-order chi connectivity index (χ1) is 16.0. The molecule has 6 nitrogen and oxygen atoms in total. The lowest BCUT2D eigenvalue weighted by atomic mass is 9.87. The molecule has 178 valence electrons. The fraction of sp³-hybridized carbons (Fsp3) is 0.222. The first-order valence-corrected chi connectivity index (χ1v) is 12.9. The van der Waals surface area contributed by atoms with Crippen LogP contribution in [0.5, 0.6) is 0 Å². The molecule has 3 aromatic carbocycles. The van der Waals surface area contributed by atoms with Gasteiger partial charge < -0.3 is 10.6 Å². The molecule has 3 N–H and O–H groups in total. The highest BCUT2D eigenvalue weighted by molar-refractivity contribution is 7.92. The second-order valence-corrected chi connectivity index (χ2v) is 10.9. The smallest absolute Gasteiger partial charge is 0.319 e. The van der Waals surface area contributed by atoms with Crippen molar-refractivity contribution in [2.45, 2.75) is 32.7 Å². The predicted molar refractivity (Wildman–Crippen MR) is 141 cm³/mol. The van der Waals surface area contributed by atoms with Crippen LogP contribution in [0.15, 0.2) is 72.8 Å². The second kappa shape index (κ2) is 10.6. The lowest BCUT2D eigenvalue weighted by Gasteiger charge is -2.19. The minimum Gasteiger partial charge on any atom is -0.334 e. The molecule has 34 heavy (non-hydrogen) atoms. The van der Waals surface area contributed by atoms with Gasteiger partial charge in [-0.05, 0) is 51.9 Å². The van der Waals surface area contributed by atoms with Gasteiger partial charge in [0.2, 0.25) is 10.0 Å². The maximum Gasteiger partial charge on any atom is 0.319 e. The Morgan fingerprint density at radius 2 is 1.59 bits per heavy atom. The Hall–Kier alpha value is -3.58. The van der Waals surface area contributed by atoms with Crippen LogP contribution < -0.4 is 15.4 Å². The van der Waals surface area contributed by atoms with Crippen LogP contribution >= 0.6 is 0 Å². The van der Waals surface area contributed by atoms with Gasteiger partial charge in [0.05, 0.1) is 11.9 Å². The number of nitrogens with one attached hydrogen (secondary N) is 3. The Kier molecular flexibility index (Phi) is 7.79. The molecule has 0 bridgehead atoms. The van der Waals surface area contributed by atoms with Crippen molar-refractivity contribution in [1.82, 2.24) is 5.32 Å². The molecule has 0 spiro atoms. The summed E-state index contributed by atoms with van der Waals surface area (Å²) < 4.78 is 26.1. The molecule has 0 fully saturated rings. The molecule has 0 aliphatic heterocycles. The van der Waals surface area contributed by atoms with Gasteiger partial charge in [0, 0.05) is 12.2 Å². The number of carbonyl (C=O) groups is 1. The number of amides is 2. The summed E-state index contributed by atoms with van der Waals surface area (Å²) in [5.41, 5.74) is 4.96. The number of carbonyl (C=O) groups excluding carboxylic acids is 1. The molecule has 2 amide bonds. The minimum absolute atomic E-state index is 0.0472. The Morgan fingerprint density at radius 1 is 0.912 bits per heavy atom. The molecular formula is C27H31N3O3S. The van der Waals surface area contributed by atoms with Gasteiger partial charge >= 0.3 is 6.03 Å². The number of benzene rings is 3. The van der Waals surface area contributed by atoms with Crippen LogP contribution in [0.2, 0.25) is 0 Å². The highest BCUT2D eigenvalue weighted by Crippen LogP contribution is 2.24. The summed E-state index contributed by atoms with van der Waals surface area (Å²) in [7, 11) is -3.43. The summed E-state index contributed by atoms with van der Waals surface area (Å²) in [5, 5.41) is 5.69. The highest BCUT2D eigenvalue weighted by Gasteiger charge is 2.13. The van der Waals surface area contributed by atoms with Gasteiger partial charge in [0.15, 0.2) is 0 Å². The fourth-order valence-corrected chi connectivity index (χ4v) is 3.90. The van der Waals surface area contributed by atoms with Crippen molar-refractivity contribution in [2.75, 3.05) is 16.3 Å². The number of hydrogen-bond acceptors (Lipinski definition) is 3. The van der Waals surface area contributed by atoms with Crippen molar-refractivity contribution in [2.24, 2.45) is 0 Å². The Bertz CT molecular complexity index is 1260. The van der Waals surface area contributed by atoms with E-state index < -0.39 is 10.0 Å². The van der Waals surface area contributed by atoms with Crippen molar-refractivity contribution in [3.05, 3.63) is 95.1 Å². The van der Waals surface area contributed by atoms with E-state index in [2.05, 4.69) is 36.1 Å². The molecule has 0 heterocycles. The molecule has 0 saturated carbocycles. The van der Waals surface area contributed by atoms with E-state index in [9.17, 15) is 13.2 Å². The quantitative estimate of drug-likeness (QED) is 0.373. The average Bonchev–Trinajstić information content (AvgIpc) is 2.77. The van der Waals surface area contributed by atoms with E-state index in [1.165, 1.54) is 5.56 Å². The molecule has 0 atom stereocenters. The van der Waals surface area contributed by atoms with Crippen LogP contribution in [0.25, 0.3) is 12.2 Å². The maximum atomic E-state index is 12.4. The number of sulfonamides is 1. The summed E-state index contributed by atoms with van der Waals surface area (Å²) >= 11 is 0. The van der Waals surface area contributed by atoms with Crippen molar-refractivity contribution < 1.29 is 13.2 Å². The van der Waals surface area contributed by atoms with E-state index in [1.54, 1.807) is 12.1 Å². The molecule has 0 aliphatic carbocycles. The lowest BCUT2D eigenvalue weighted by Crippen LogP contribution is -2.28. The summed E-state index contributed by atoms with van der Waals surface area (Å²) in [6, 6.07) is 22.5. The second-order valence-electron chi connectivity index (χ2n) is 9.17. The van der Waals surface area contributed by atoms with Crippen LogP contribution in [0.1, 0.15) is 43.0 Å². The number of hydrogen-bond donors (Lipinski definition) is 3. The third-order valence-electron chi connectivity index (χ3n) is 5.13. The van der Waals surface area contributed by atoms with Crippen LogP contribution in [-0.4, -0.2) is 20.7 Å². The van der Waals surface area contributed by atoms with Crippen LogP contribution in [0.3, 0.4) is 0 Å². The van der Waals surface area contributed by atoms with Gasteiger partial charge in [0.1, 0.15) is 0 Å². The first-order valence-electron chi connectivity index (χ1n) is 11.0. The standard InChI is InChI=1S/C27H31N3O3S/c1-27(2,3)23-13-15-24(16-14-23)29-26(31)28-19-21-11-17-25(30-34(4,32)33)22(18-21)12-10-20-8-6-5-7-9-20/h5-18,30H,19H2,1-4H3,(H2,28,29,31)/b12-10-. The van der Waals surface area contributed by atoms with Gasteiger partial charge in [-0.15, -0.1) is 0 Å². The normalized spacial score (nSPS) is 11.9. The van der Waals surface area contributed by atoms with E-state index in [0.29, 0.717) is 16.9 Å². The largest absolute Gasteiger partial charge is 0.334 e. The third kappa shape index (κ3) is 7.78. The summed E-state index contributed by atoms with van der Waals surface area (Å²) in [6.45, 7) is 6.71. The van der Waals surface area contributed by atoms with E-state index in [-0.39, 0.29) is 18.0 Å². The highest BCUT2D eigenvalue weighted by atomic mass is 32.2. The SMILES string of the molecule is CC(C)(C)c1ccc(NC(=O)NCc2ccc(NS(C)(=O)=O)c(/C=C\c3ccccc3)c2)cc1. The van der Waals surface area contributed by atoms with E-state index in [4.69, 9.17) is 0 Å². The zero-order valence-electron chi connectivity index (χ0n) is 19.9. The van der Waals surface area contributed by atoms with Gasteiger partial charge in [-0.3, -0.25) is 4.72 Å². The van der Waals surface area contributed by atoms with Gasteiger partial charge in [-0.25, -0.2) is 13.2 Å². The summed E-state index contributed by atoms with van der Waals surface area (Å²) in [4.78, 5) is 12.4. The van der Waals surface area contributed by atoms with Crippen LogP contribution in [-0.2, 0) is 22.0 Å².